The third-order valence-electron chi connectivity index (χ3n) is 4.44. The van der Waals surface area contributed by atoms with Crippen LogP contribution in [0.25, 0.3) is 0 Å². The van der Waals surface area contributed by atoms with E-state index in [1.807, 2.05) is 62.4 Å². The van der Waals surface area contributed by atoms with Crippen LogP contribution >= 0.6 is 11.0 Å². The van der Waals surface area contributed by atoms with Gasteiger partial charge in [0.2, 0.25) is 0 Å². The van der Waals surface area contributed by atoms with Crippen molar-refractivity contribution in [2.45, 2.75) is 32.9 Å². The van der Waals surface area contributed by atoms with Gasteiger partial charge < -0.3 is 5.73 Å². The third kappa shape index (κ3) is 3.03. The van der Waals surface area contributed by atoms with Crippen molar-refractivity contribution < 1.29 is 9.11 Å². The molecule has 1 aliphatic rings. The maximum Gasteiger partial charge on any atom is 0.0686 e. The molecule has 0 radical (unpaired) electrons. The molecule has 130 valence electrons. The lowest BCUT2D eigenvalue weighted by Gasteiger charge is -2.55. The summed E-state index contributed by atoms with van der Waals surface area (Å²) in [5.74, 6) is 0. The molecule has 1 unspecified atom stereocenters. The van der Waals surface area contributed by atoms with Gasteiger partial charge in [-0.1, -0.05) is 35.9 Å². The highest BCUT2D eigenvalue weighted by Gasteiger charge is 2.39. The van der Waals surface area contributed by atoms with Crippen LogP contribution in [0.1, 0.15) is 24.5 Å². The predicted molar refractivity (Wildman–Crippen MR) is 101 cm³/mol. The summed E-state index contributed by atoms with van der Waals surface area (Å²) < 4.78 is 25.7. The van der Waals surface area contributed by atoms with E-state index < -0.39 is 11.0 Å². The van der Waals surface area contributed by atoms with Crippen molar-refractivity contribution in [3.8, 4) is 0 Å². The molecule has 5 nitrogen and oxygen atoms in total. The monoisotopic (exact) mass is 347 g/mol. The summed E-state index contributed by atoms with van der Waals surface area (Å²) >= 11 is 0. The lowest BCUT2D eigenvalue weighted by atomic mass is 10.1. The van der Waals surface area contributed by atoms with Gasteiger partial charge in [-0.25, -0.2) is 4.31 Å². The first kappa shape index (κ1) is 17.3. The standard InChI is InChI=1S/C18H25N3O2S/c1-14-7-9-17(10-8-14)21-18-6-4-3-5-16(18)13-20(24(21,22)23)15(2)11-12-19/h3-10,15,22-23H,11-13,19H2,1-2H3. The van der Waals surface area contributed by atoms with Crippen molar-refractivity contribution in [1.82, 2.24) is 4.31 Å². The quantitative estimate of drug-likeness (QED) is 0.770. The molecule has 0 saturated heterocycles. The number of anilines is 2. The number of hydrogen-bond acceptors (Lipinski definition) is 5. The van der Waals surface area contributed by atoms with Crippen LogP contribution in [0.3, 0.4) is 0 Å². The Morgan fingerprint density at radius 1 is 1.12 bits per heavy atom. The molecule has 4 N–H and O–H groups in total. The number of nitrogens with zero attached hydrogens (tertiary/aromatic N) is 2. The molecule has 0 bridgehead atoms. The van der Waals surface area contributed by atoms with Crippen LogP contribution < -0.4 is 10.0 Å². The van der Waals surface area contributed by atoms with E-state index in [-0.39, 0.29) is 6.04 Å². The van der Waals surface area contributed by atoms with Crippen LogP contribution in [0.4, 0.5) is 11.4 Å². The molecule has 0 amide bonds. The largest absolute Gasteiger partial charge is 0.330 e. The molecule has 0 saturated carbocycles. The molecule has 6 heteroatoms. The fraction of sp³-hybridized carbons (Fsp3) is 0.333. The summed E-state index contributed by atoms with van der Waals surface area (Å²) in [4.78, 5) is 0. The number of rotatable bonds is 4. The van der Waals surface area contributed by atoms with E-state index in [9.17, 15) is 9.11 Å². The van der Waals surface area contributed by atoms with E-state index in [0.717, 1.165) is 22.5 Å². The van der Waals surface area contributed by atoms with E-state index in [1.54, 1.807) is 8.61 Å². The summed E-state index contributed by atoms with van der Waals surface area (Å²) in [5.41, 5.74) is 9.52. The molecule has 1 aliphatic heterocycles. The molecule has 24 heavy (non-hydrogen) atoms. The summed E-state index contributed by atoms with van der Waals surface area (Å²) in [6.45, 7) is 5.02. The molecule has 0 fully saturated rings. The smallest absolute Gasteiger partial charge is 0.0686 e. The summed E-state index contributed by atoms with van der Waals surface area (Å²) in [6, 6.07) is 15.7. The number of para-hydroxylation sites is 1. The molecular weight excluding hydrogens is 322 g/mol. The fourth-order valence-corrected chi connectivity index (χ4v) is 5.03. The van der Waals surface area contributed by atoms with E-state index in [0.29, 0.717) is 19.5 Å². The van der Waals surface area contributed by atoms with Crippen LogP contribution in [0, 0.1) is 6.92 Å². The maximum atomic E-state index is 11.1. The van der Waals surface area contributed by atoms with Crippen LogP contribution in [-0.4, -0.2) is 26.0 Å². The van der Waals surface area contributed by atoms with Crippen molar-refractivity contribution in [3.05, 3.63) is 59.7 Å². The van der Waals surface area contributed by atoms with Gasteiger partial charge in [0.25, 0.3) is 0 Å². The topological polar surface area (TPSA) is 73.0 Å². The Balaban J connectivity index is 2.11. The van der Waals surface area contributed by atoms with E-state index >= 15 is 0 Å². The van der Waals surface area contributed by atoms with E-state index in [2.05, 4.69) is 0 Å². The first-order chi connectivity index (χ1) is 11.4. The Morgan fingerprint density at radius 2 is 1.79 bits per heavy atom. The maximum absolute atomic E-state index is 11.1. The van der Waals surface area contributed by atoms with Crippen LogP contribution in [0.15, 0.2) is 48.5 Å². The van der Waals surface area contributed by atoms with Crippen LogP contribution in [0.2, 0.25) is 0 Å². The van der Waals surface area contributed by atoms with Crippen molar-refractivity contribution in [1.29, 1.82) is 0 Å². The Labute approximate surface area is 145 Å². The normalized spacial score (nSPS) is 19.6. The van der Waals surface area contributed by atoms with Crippen molar-refractivity contribution >= 4 is 22.3 Å². The second-order valence-corrected chi connectivity index (χ2v) is 8.06. The molecule has 3 rings (SSSR count). The number of aryl methyl sites for hydroxylation is 1. The molecule has 1 heterocycles. The molecule has 2 aromatic rings. The zero-order valence-corrected chi connectivity index (χ0v) is 14.9. The first-order valence-electron chi connectivity index (χ1n) is 8.15. The fourth-order valence-electron chi connectivity index (χ4n) is 3.08. The van der Waals surface area contributed by atoms with Gasteiger partial charge in [0.05, 0.1) is 11.4 Å². The molecule has 0 aromatic heterocycles. The average Bonchev–Trinajstić information content (AvgIpc) is 2.55. The highest BCUT2D eigenvalue weighted by molar-refractivity contribution is 8.23. The van der Waals surface area contributed by atoms with Gasteiger partial charge in [0.15, 0.2) is 0 Å². The minimum Gasteiger partial charge on any atom is -0.330 e. The van der Waals surface area contributed by atoms with E-state index in [1.165, 1.54) is 0 Å². The number of benzene rings is 2. The Hall–Kier alpha value is -1.57. The van der Waals surface area contributed by atoms with Gasteiger partial charge >= 0.3 is 0 Å². The lowest BCUT2D eigenvalue weighted by Crippen LogP contribution is -2.46. The van der Waals surface area contributed by atoms with Gasteiger partial charge in [-0.15, -0.1) is 0 Å². The van der Waals surface area contributed by atoms with Gasteiger partial charge in [0.1, 0.15) is 0 Å². The van der Waals surface area contributed by atoms with E-state index in [4.69, 9.17) is 5.73 Å². The second-order valence-electron chi connectivity index (χ2n) is 6.25. The van der Waals surface area contributed by atoms with Crippen LogP contribution in [0.5, 0.6) is 0 Å². The molecule has 1 atom stereocenters. The zero-order valence-electron chi connectivity index (χ0n) is 14.1. The third-order valence-corrected chi connectivity index (χ3v) is 6.46. The molecule has 2 aromatic carbocycles. The average molecular weight is 347 g/mol. The first-order valence-corrected chi connectivity index (χ1v) is 9.61. The van der Waals surface area contributed by atoms with Crippen molar-refractivity contribution in [2.75, 3.05) is 10.8 Å². The van der Waals surface area contributed by atoms with Crippen molar-refractivity contribution in [3.63, 3.8) is 0 Å². The highest BCUT2D eigenvalue weighted by atomic mass is 32.3. The molecular formula is C18H25N3O2S. The Morgan fingerprint density at radius 3 is 2.46 bits per heavy atom. The van der Waals surface area contributed by atoms with Crippen LogP contribution in [-0.2, 0) is 6.54 Å². The zero-order chi connectivity index (χ0) is 17.3. The van der Waals surface area contributed by atoms with Crippen molar-refractivity contribution in [2.24, 2.45) is 5.73 Å². The minimum absolute atomic E-state index is 0.0266. The minimum atomic E-state index is -3.15. The SMILES string of the molecule is Cc1ccc(N2c3ccccc3CN(C(C)CCN)S2(O)O)cc1. The predicted octanol–water partition coefficient (Wildman–Crippen LogP) is 4.27. The number of nitrogens with two attached hydrogens (primary N) is 1. The highest BCUT2D eigenvalue weighted by Crippen LogP contribution is 2.59. The number of hydrogen-bond donors (Lipinski definition) is 3. The summed E-state index contributed by atoms with van der Waals surface area (Å²) in [7, 11) is -3.15. The lowest BCUT2D eigenvalue weighted by molar-refractivity contribution is 0.274. The van der Waals surface area contributed by atoms with Gasteiger partial charge in [-0.05, 0) is 61.5 Å². The Kier molecular flexibility index (Phi) is 4.85. The van der Waals surface area contributed by atoms with Gasteiger partial charge in [-0.2, -0.15) is 4.31 Å². The summed E-state index contributed by atoms with van der Waals surface area (Å²) in [5, 5.41) is 0. The second kappa shape index (κ2) is 6.74. The number of fused-ring (bicyclic) bond motifs is 1. The van der Waals surface area contributed by atoms with Gasteiger partial charge in [0, 0.05) is 12.6 Å². The Bertz CT molecular complexity index is 706. The molecule has 0 spiro atoms. The van der Waals surface area contributed by atoms with Gasteiger partial charge in [-0.3, -0.25) is 9.11 Å². The molecule has 0 aliphatic carbocycles. The summed E-state index contributed by atoms with van der Waals surface area (Å²) in [6.07, 6.45) is 0.708.